The van der Waals surface area contributed by atoms with Crippen molar-refractivity contribution in [2.75, 3.05) is 39.6 Å². The van der Waals surface area contributed by atoms with E-state index in [1.165, 1.54) is 57.4 Å². The Hall–Kier alpha value is -1.59. The summed E-state index contributed by atoms with van der Waals surface area (Å²) in [5, 5.41) is 0. The summed E-state index contributed by atoms with van der Waals surface area (Å²) < 4.78 is 21.2. The molecule has 0 aromatic heterocycles. The second kappa shape index (κ2) is 17.5. The zero-order chi connectivity index (χ0) is 20.3. The second-order valence-corrected chi connectivity index (χ2v) is 6.93. The molecule has 5 heteroatoms. The van der Waals surface area contributed by atoms with Gasteiger partial charge in [0.15, 0.2) is 0 Å². The van der Waals surface area contributed by atoms with Crippen LogP contribution in [0, 0.1) is 0 Å². The number of carbonyl (C=O) groups excluding carboxylic acids is 1. The van der Waals surface area contributed by atoms with Gasteiger partial charge in [0, 0.05) is 6.92 Å². The van der Waals surface area contributed by atoms with E-state index in [1.54, 1.807) is 0 Å². The third-order valence-corrected chi connectivity index (χ3v) is 4.39. The van der Waals surface area contributed by atoms with Crippen LogP contribution in [-0.4, -0.2) is 45.6 Å². The molecule has 160 valence electrons. The Morgan fingerprint density at radius 2 is 1.32 bits per heavy atom. The average molecular weight is 395 g/mol. The van der Waals surface area contributed by atoms with Gasteiger partial charge in [-0.3, -0.25) is 4.79 Å². The van der Waals surface area contributed by atoms with E-state index in [0.29, 0.717) is 33.0 Å². The summed E-state index contributed by atoms with van der Waals surface area (Å²) in [7, 11) is 0. The molecule has 0 aliphatic heterocycles. The van der Waals surface area contributed by atoms with Gasteiger partial charge in [-0.1, -0.05) is 57.6 Å². The quantitative estimate of drug-likeness (QED) is 0.260. The highest BCUT2D eigenvalue weighted by Gasteiger charge is 1.98. The van der Waals surface area contributed by atoms with Crippen LogP contribution in [0.1, 0.15) is 64.4 Å². The third kappa shape index (κ3) is 14.5. The highest BCUT2D eigenvalue weighted by molar-refractivity contribution is 5.65. The molecule has 1 rings (SSSR count). The summed E-state index contributed by atoms with van der Waals surface area (Å²) >= 11 is 0. The Kier molecular flexibility index (Phi) is 15.3. The fourth-order valence-corrected chi connectivity index (χ4v) is 2.82. The summed E-state index contributed by atoms with van der Waals surface area (Å²) in [6.07, 6.45) is 10.5. The van der Waals surface area contributed by atoms with Gasteiger partial charge < -0.3 is 18.9 Å². The Bertz CT molecular complexity index is 486. The number of aryl methyl sites for hydroxylation is 1. The number of unbranched alkanes of at least 4 members (excludes halogenated alkanes) is 6. The highest BCUT2D eigenvalue weighted by Crippen LogP contribution is 2.15. The number of hydrogen-bond acceptors (Lipinski definition) is 5. The van der Waals surface area contributed by atoms with Gasteiger partial charge >= 0.3 is 5.97 Å². The number of esters is 1. The molecule has 0 amide bonds. The van der Waals surface area contributed by atoms with Gasteiger partial charge in [0.2, 0.25) is 0 Å². The standard InChI is InChI=1S/C23H38O5/c1-3-4-5-6-7-8-9-10-22-11-13-23(14-12-22)28-20-18-26-16-15-25-17-19-27-21(2)24/h11-14H,3-10,15-20H2,1-2H3. The minimum atomic E-state index is -0.289. The molecule has 0 heterocycles. The maximum Gasteiger partial charge on any atom is 0.302 e. The van der Waals surface area contributed by atoms with E-state index < -0.39 is 0 Å². The predicted octanol–water partition coefficient (Wildman–Crippen LogP) is 4.95. The van der Waals surface area contributed by atoms with Gasteiger partial charge in [0.05, 0.1) is 26.4 Å². The van der Waals surface area contributed by atoms with E-state index in [1.807, 2.05) is 12.1 Å². The van der Waals surface area contributed by atoms with E-state index in [9.17, 15) is 4.79 Å². The van der Waals surface area contributed by atoms with Crippen LogP contribution in [0.4, 0.5) is 0 Å². The van der Waals surface area contributed by atoms with Crippen molar-refractivity contribution in [3.63, 3.8) is 0 Å². The van der Waals surface area contributed by atoms with Crippen molar-refractivity contribution < 1.29 is 23.7 Å². The smallest absolute Gasteiger partial charge is 0.302 e. The van der Waals surface area contributed by atoms with Crippen molar-refractivity contribution in [2.24, 2.45) is 0 Å². The number of benzene rings is 1. The van der Waals surface area contributed by atoms with Crippen LogP contribution >= 0.6 is 0 Å². The van der Waals surface area contributed by atoms with Gasteiger partial charge in [-0.05, 0) is 30.5 Å². The molecule has 0 atom stereocenters. The topological polar surface area (TPSA) is 54.0 Å². The first-order valence-corrected chi connectivity index (χ1v) is 10.7. The lowest BCUT2D eigenvalue weighted by Gasteiger charge is -2.09. The van der Waals surface area contributed by atoms with Gasteiger partial charge in [-0.2, -0.15) is 0 Å². The maximum atomic E-state index is 10.6. The van der Waals surface area contributed by atoms with Crippen LogP contribution in [-0.2, 0) is 25.4 Å². The number of hydrogen-bond donors (Lipinski definition) is 0. The Balaban J connectivity index is 1.95. The third-order valence-electron chi connectivity index (χ3n) is 4.39. The van der Waals surface area contributed by atoms with Gasteiger partial charge in [0.1, 0.15) is 19.0 Å². The number of carbonyl (C=O) groups is 1. The van der Waals surface area contributed by atoms with Crippen molar-refractivity contribution in [2.45, 2.75) is 65.2 Å². The SMILES string of the molecule is CCCCCCCCCc1ccc(OCCOCCOCCOC(C)=O)cc1. The van der Waals surface area contributed by atoms with Crippen molar-refractivity contribution in [1.82, 2.24) is 0 Å². The zero-order valence-electron chi connectivity index (χ0n) is 17.8. The summed E-state index contributed by atoms with van der Waals surface area (Å²) in [6.45, 7) is 6.34. The van der Waals surface area contributed by atoms with Crippen LogP contribution in [0.5, 0.6) is 5.75 Å². The molecule has 5 nitrogen and oxygen atoms in total. The lowest BCUT2D eigenvalue weighted by atomic mass is 10.0. The van der Waals surface area contributed by atoms with Crippen LogP contribution in [0.3, 0.4) is 0 Å². The molecule has 1 aromatic carbocycles. The molecule has 0 N–H and O–H groups in total. The highest BCUT2D eigenvalue weighted by atomic mass is 16.6. The van der Waals surface area contributed by atoms with Crippen LogP contribution in [0.2, 0.25) is 0 Å². The van der Waals surface area contributed by atoms with Crippen molar-refractivity contribution in [1.29, 1.82) is 0 Å². The largest absolute Gasteiger partial charge is 0.491 e. The minimum Gasteiger partial charge on any atom is -0.491 e. The van der Waals surface area contributed by atoms with Crippen molar-refractivity contribution in [3.8, 4) is 5.75 Å². The summed E-state index contributed by atoms with van der Waals surface area (Å²) in [5.74, 6) is 0.590. The van der Waals surface area contributed by atoms with E-state index >= 15 is 0 Å². The number of ether oxygens (including phenoxy) is 4. The lowest BCUT2D eigenvalue weighted by molar-refractivity contribution is -0.142. The second-order valence-electron chi connectivity index (χ2n) is 6.93. The Labute approximate surface area is 170 Å². The van der Waals surface area contributed by atoms with E-state index in [-0.39, 0.29) is 12.6 Å². The first kappa shape index (κ1) is 24.4. The first-order valence-electron chi connectivity index (χ1n) is 10.7. The number of rotatable bonds is 18. The molecule has 0 radical (unpaired) electrons. The lowest BCUT2D eigenvalue weighted by Crippen LogP contribution is -2.13. The zero-order valence-corrected chi connectivity index (χ0v) is 17.8. The monoisotopic (exact) mass is 394 g/mol. The Morgan fingerprint density at radius 3 is 1.96 bits per heavy atom. The molecule has 0 bridgehead atoms. The van der Waals surface area contributed by atoms with Crippen LogP contribution < -0.4 is 4.74 Å². The molecule has 0 saturated heterocycles. The summed E-state index contributed by atoms with van der Waals surface area (Å²) in [5.41, 5.74) is 1.38. The minimum absolute atomic E-state index is 0.285. The molecule has 28 heavy (non-hydrogen) atoms. The molecule has 0 spiro atoms. The first-order chi connectivity index (χ1) is 13.7. The van der Waals surface area contributed by atoms with E-state index in [4.69, 9.17) is 18.9 Å². The van der Waals surface area contributed by atoms with Gasteiger partial charge in [-0.25, -0.2) is 0 Å². The van der Waals surface area contributed by atoms with Gasteiger partial charge in [-0.15, -0.1) is 0 Å². The van der Waals surface area contributed by atoms with Crippen molar-refractivity contribution in [3.05, 3.63) is 29.8 Å². The van der Waals surface area contributed by atoms with Crippen molar-refractivity contribution >= 4 is 5.97 Å². The molecule has 1 aromatic rings. The molecule has 0 unspecified atom stereocenters. The average Bonchev–Trinajstić information content (AvgIpc) is 2.69. The fraction of sp³-hybridized carbons (Fsp3) is 0.696. The summed E-state index contributed by atoms with van der Waals surface area (Å²) in [6, 6.07) is 8.39. The molecule has 0 aliphatic rings. The molecule has 0 saturated carbocycles. The van der Waals surface area contributed by atoms with E-state index in [0.717, 1.165) is 12.2 Å². The maximum absolute atomic E-state index is 10.6. The van der Waals surface area contributed by atoms with Crippen LogP contribution in [0.15, 0.2) is 24.3 Å². The predicted molar refractivity (Wildman–Crippen MR) is 112 cm³/mol. The molecular weight excluding hydrogens is 356 g/mol. The molecule has 0 aliphatic carbocycles. The fourth-order valence-electron chi connectivity index (χ4n) is 2.82. The normalized spacial score (nSPS) is 10.8. The van der Waals surface area contributed by atoms with Crippen LogP contribution in [0.25, 0.3) is 0 Å². The summed E-state index contributed by atoms with van der Waals surface area (Å²) in [4.78, 5) is 10.6. The van der Waals surface area contributed by atoms with E-state index in [2.05, 4.69) is 19.1 Å². The molecule has 0 fully saturated rings. The van der Waals surface area contributed by atoms with Gasteiger partial charge in [0.25, 0.3) is 0 Å². The molecular formula is C23H38O5. The Morgan fingerprint density at radius 1 is 0.750 bits per heavy atom.